The molecule has 1 aromatic rings. The first kappa shape index (κ1) is 7.61. The van der Waals surface area contributed by atoms with Crippen LogP contribution in [-0.4, -0.2) is 16.5 Å². The molecule has 5 heteroatoms. The van der Waals surface area contributed by atoms with E-state index in [4.69, 9.17) is 17.3 Å². The van der Waals surface area contributed by atoms with Crippen molar-refractivity contribution in [2.45, 2.75) is 12.8 Å². The highest BCUT2D eigenvalue weighted by Gasteiger charge is 2.14. The molecule has 0 spiro atoms. The van der Waals surface area contributed by atoms with Crippen LogP contribution in [0.2, 0.25) is 5.28 Å². The topological polar surface area (TPSA) is 63.8 Å². The van der Waals surface area contributed by atoms with E-state index in [1.165, 1.54) is 0 Å². The van der Waals surface area contributed by atoms with Crippen molar-refractivity contribution in [3.63, 3.8) is 0 Å². The molecule has 2 heterocycles. The summed E-state index contributed by atoms with van der Waals surface area (Å²) in [4.78, 5) is 7.94. The van der Waals surface area contributed by atoms with Crippen LogP contribution in [0.15, 0.2) is 0 Å². The average Bonchev–Trinajstić information content (AvgIpc) is 2.04. The van der Waals surface area contributed by atoms with Crippen LogP contribution in [0.3, 0.4) is 0 Å². The van der Waals surface area contributed by atoms with E-state index in [0.717, 1.165) is 30.8 Å². The van der Waals surface area contributed by atoms with Gasteiger partial charge in [-0.15, -0.1) is 0 Å². The van der Waals surface area contributed by atoms with Crippen LogP contribution in [0.25, 0.3) is 0 Å². The van der Waals surface area contributed by atoms with Gasteiger partial charge in [0.1, 0.15) is 0 Å². The lowest BCUT2D eigenvalue weighted by Gasteiger charge is -2.17. The molecule has 0 radical (unpaired) electrons. The Morgan fingerprint density at radius 3 is 3.08 bits per heavy atom. The summed E-state index contributed by atoms with van der Waals surface area (Å²) in [5, 5.41) is 3.38. The number of nitrogens with two attached hydrogens (primary N) is 1. The van der Waals surface area contributed by atoms with Crippen LogP contribution in [0.1, 0.15) is 12.1 Å². The SMILES string of the molecule is Nc1nc(Cl)nc2c1NCCC2. The van der Waals surface area contributed by atoms with Crippen LogP contribution in [0, 0.1) is 0 Å². The number of aryl methyl sites for hydroxylation is 1. The van der Waals surface area contributed by atoms with Gasteiger partial charge in [-0.25, -0.2) is 4.98 Å². The van der Waals surface area contributed by atoms with Crippen LogP contribution in [-0.2, 0) is 6.42 Å². The van der Waals surface area contributed by atoms with Crippen molar-refractivity contribution >= 4 is 23.1 Å². The highest BCUT2D eigenvalue weighted by molar-refractivity contribution is 6.28. The van der Waals surface area contributed by atoms with Crippen molar-refractivity contribution in [2.24, 2.45) is 0 Å². The fourth-order valence-electron chi connectivity index (χ4n) is 1.34. The second-order valence-corrected chi connectivity index (χ2v) is 3.07. The number of hydrogen-bond acceptors (Lipinski definition) is 4. The predicted molar refractivity (Wildman–Crippen MR) is 48.3 cm³/mol. The van der Waals surface area contributed by atoms with Crippen LogP contribution in [0.4, 0.5) is 11.5 Å². The first-order valence-corrected chi connectivity index (χ1v) is 4.21. The van der Waals surface area contributed by atoms with Crippen molar-refractivity contribution in [3.8, 4) is 0 Å². The summed E-state index contributed by atoms with van der Waals surface area (Å²) in [7, 11) is 0. The maximum Gasteiger partial charge on any atom is 0.224 e. The molecule has 0 saturated heterocycles. The summed E-state index contributed by atoms with van der Waals surface area (Å²) >= 11 is 5.65. The van der Waals surface area contributed by atoms with E-state index in [-0.39, 0.29) is 5.28 Å². The standard InChI is InChI=1S/C7H9ClN4/c8-7-11-4-2-1-3-10-5(4)6(9)12-7/h10H,1-3H2,(H2,9,11,12). The van der Waals surface area contributed by atoms with Gasteiger partial charge in [0.15, 0.2) is 5.82 Å². The zero-order valence-electron chi connectivity index (χ0n) is 6.47. The van der Waals surface area contributed by atoms with Gasteiger partial charge in [0.05, 0.1) is 11.4 Å². The Bertz CT molecular complexity index is 313. The zero-order valence-corrected chi connectivity index (χ0v) is 7.23. The van der Waals surface area contributed by atoms with Crippen molar-refractivity contribution in [1.29, 1.82) is 0 Å². The molecular weight excluding hydrogens is 176 g/mol. The summed E-state index contributed by atoms with van der Waals surface area (Å²) in [5.74, 6) is 0.449. The number of fused-ring (bicyclic) bond motifs is 1. The first-order valence-electron chi connectivity index (χ1n) is 3.83. The number of anilines is 2. The molecule has 1 aliphatic rings. The maximum absolute atomic E-state index is 5.65. The van der Waals surface area contributed by atoms with Gasteiger partial charge in [0, 0.05) is 6.54 Å². The van der Waals surface area contributed by atoms with Gasteiger partial charge in [0.2, 0.25) is 5.28 Å². The third-order valence-electron chi connectivity index (χ3n) is 1.88. The molecule has 0 saturated carbocycles. The lowest BCUT2D eigenvalue weighted by Crippen LogP contribution is -2.16. The highest BCUT2D eigenvalue weighted by Crippen LogP contribution is 2.25. The van der Waals surface area contributed by atoms with E-state index in [2.05, 4.69) is 15.3 Å². The molecule has 0 aromatic carbocycles. The normalized spacial score (nSPS) is 15.1. The predicted octanol–water partition coefficient (Wildman–Crippen LogP) is 1.07. The van der Waals surface area contributed by atoms with Gasteiger partial charge in [-0.2, -0.15) is 4.98 Å². The quantitative estimate of drug-likeness (QED) is 0.592. The second kappa shape index (κ2) is 2.79. The van der Waals surface area contributed by atoms with Crippen LogP contribution in [0.5, 0.6) is 0 Å². The molecule has 0 atom stereocenters. The molecule has 1 aliphatic heterocycles. The van der Waals surface area contributed by atoms with Gasteiger partial charge in [0.25, 0.3) is 0 Å². The third-order valence-corrected chi connectivity index (χ3v) is 2.05. The number of aromatic nitrogens is 2. The van der Waals surface area contributed by atoms with Crippen molar-refractivity contribution in [2.75, 3.05) is 17.6 Å². The molecule has 0 bridgehead atoms. The molecule has 2 rings (SSSR count). The van der Waals surface area contributed by atoms with Crippen LogP contribution < -0.4 is 11.1 Å². The molecule has 0 fully saturated rings. The number of rotatable bonds is 0. The largest absolute Gasteiger partial charge is 0.382 e. The van der Waals surface area contributed by atoms with Crippen molar-refractivity contribution in [3.05, 3.63) is 11.0 Å². The fourth-order valence-corrected chi connectivity index (χ4v) is 1.53. The summed E-state index contributed by atoms with van der Waals surface area (Å²) in [6.07, 6.45) is 1.99. The van der Waals surface area contributed by atoms with Gasteiger partial charge < -0.3 is 11.1 Å². The second-order valence-electron chi connectivity index (χ2n) is 2.73. The lowest BCUT2D eigenvalue weighted by molar-refractivity contribution is 0.796. The summed E-state index contributed by atoms with van der Waals surface area (Å²) in [5.41, 5.74) is 7.43. The van der Waals surface area contributed by atoms with Gasteiger partial charge in [-0.3, -0.25) is 0 Å². The minimum absolute atomic E-state index is 0.231. The number of nitrogens with zero attached hydrogens (tertiary/aromatic N) is 2. The van der Waals surface area contributed by atoms with E-state index in [1.54, 1.807) is 0 Å². The molecular formula is C7H9ClN4. The summed E-state index contributed by atoms with van der Waals surface area (Å²) < 4.78 is 0. The molecule has 0 unspecified atom stereocenters. The highest BCUT2D eigenvalue weighted by atomic mass is 35.5. The molecule has 64 valence electrons. The number of nitrogen functional groups attached to an aromatic ring is 1. The number of halogens is 1. The Kier molecular flexibility index (Phi) is 1.77. The molecule has 4 nitrogen and oxygen atoms in total. The summed E-state index contributed by atoms with van der Waals surface area (Å²) in [6, 6.07) is 0. The van der Waals surface area contributed by atoms with Gasteiger partial charge >= 0.3 is 0 Å². The first-order chi connectivity index (χ1) is 5.77. The zero-order chi connectivity index (χ0) is 8.55. The van der Waals surface area contributed by atoms with Crippen molar-refractivity contribution < 1.29 is 0 Å². The number of hydrogen-bond donors (Lipinski definition) is 2. The Morgan fingerprint density at radius 2 is 2.25 bits per heavy atom. The summed E-state index contributed by atoms with van der Waals surface area (Å²) in [6.45, 7) is 0.933. The maximum atomic E-state index is 5.65. The fraction of sp³-hybridized carbons (Fsp3) is 0.429. The average molecular weight is 185 g/mol. The number of nitrogens with one attached hydrogen (secondary N) is 1. The van der Waals surface area contributed by atoms with E-state index < -0.39 is 0 Å². The molecule has 0 aliphatic carbocycles. The monoisotopic (exact) mass is 184 g/mol. The Morgan fingerprint density at radius 1 is 1.42 bits per heavy atom. The van der Waals surface area contributed by atoms with E-state index >= 15 is 0 Å². The van der Waals surface area contributed by atoms with Gasteiger partial charge in [-0.1, -0.05) is 0 Å². The molecule has 3 N–H and O–H groups in total. The Hall–Kier alpha value is -1.03. The van der Waals surface area contributed by atoms with E-state index in [1.807, 2.05) is 0 Å². The lowest BCUT2D eigenvalue weighted by atomic mass is 10.1. The molecule has 12 heavy (non-hydrogen) atoms. The molecule has 0 amide bonds. The van der Waals surface area contributed by atoms with Gasteiger partial charge in [-0.05, 0) is 24.4 Å². The minimum Gasteiger partial charge on any atom is -0.382 e. The third kappa shape index (κ3) is 1.18. The Balaban J connectivity index is 2.53. The smallest absolute Gasteiger partial charge is 0.224 e. The van der Waals surface area contributed by atoms with E-state index in [9.17, 15) is 0 Å². The Labute approximate surface area is 75.2 Å². The minimum atomic E-state index is 0.231. The van der Waals surface area contributed by atoms with Crippen LogP contribution >= 0.6 is 11.6 Å². The van der Waals surface area contributed by atoms with Crippen molar-refractivity contribution in [1.82, 2.24) is 9.97 Å². The molecule has 1 aromatic heterocycles. The van der Waals surface area contributed by atoms with E-state index in [0.29, 0.717) is 5.82 Å².